The average molecular weight is 340 g/mol. The van der Waals surface area contributed by atoms with E-state index < -0.39 is 5.82 Å². The van der Waals surface area contributed by atoms with Gasteiger partial charge in [0, 0.05) is 6.54 Å². The number of H-pyrrole nitrogens is 1. The van der Waals surface area contributed by atoms with Gasteiger partial charge in [0.25, 0.3) is 5.56 Å². The van der Waals surface area contributed by atoms with Crippen molar-refractivity contribution in [3.05, 3.63) is 75.0 Å². The Morgan fingerprint density at radius 1 is 1.12 bits per heavy atom. The number of hydrogen-bond acceptors (Lipinski definition) is 3. The van der Waals surface area contributed by atoms with Gasteiger partial charge in [0.2, 0.25) is 10.5 Å². The second-order valence-electron chi connectivity index (χ2n) is 5.49. The van der Waals surface area contributed by atoms with Crippen molar-refractivity contribution in [3.63, 3.8) is 0 Å². The molecule has 24 heavy (non-hydrogen) atoms. The normalized spacial score (nSPS) is 11.4. The van der Waals surface area contributed by atoms with Gasteiger partial charge < -0.3 is 0 Å². The molecule has 0 bridgehead atoms. The molecule has 0 unspecified atom stereocenters. The number of aromatic nitrogens is 4. The monoisotopic (exact) mass is 340 g/mol. The number of halogens is 1. The summed E-state index contributed by atoms with van der Waals surface area (Å²) in [4.78, 5) is 12.8. The highest BCUT2D eigenvalue weighted by atomic mass is 32.1. The smallest absolute Gasteiger partial charge is 0.262 e. The number of fused-ring (bicyclic) bond motifs is 3. The van der Waals surface area contributed by atoms with Crippen molar-refractivity contribution >= 4 is 28.9 Å². The maximum Gasteiger partial charge on any atom is 0.262 e. The minimum Gasteiger partial charge on any atom is -0.276 e. The predicted octanol–water partition coefficient (Wildman–Crippen LogP) is 3.09. The minimum atomic E-state index is -0.498. The van der Waals surface area contributed by atoms with E-state index in [1.54, 1.807) is 6.07 Å². The zero-order chi connectivity index (χ0) is 16.7. The average Bonchev–Trinajstić information content (AvgIpc) is 2.97. The molecule has 0 aliphatic heterocycles. The van der Waals surface area contributed by atoms with Crippen LogP contribution in [0.5, 0.6) is 0 Å². The number of benzene rings is 2. The van der Waals surface area contributed by atoms with Crippen molar-refractivity contribution in [3.8, 4) is 0 Å². The van der Waals surface area contributed by atoms with Gasteiger partial charge in [0.15, 0.2) is 0 Å². The second kappa shape index (κ2) is 5.68. The molecule has 2 aromatic heterocycles. The van der Waals surface area contributed by atoms with Gasteiger partial charge in [0.1, 0.15) is 5.82 Å². The van der Waals surface area contributed by atoms with Crippen LogP contribution in [0.25, 0.3) is 16.7 Å². The van der Waals surface area contributed by atoms with E-state index >= 15 is 0 Å². The molecule has 0 fully saturated rings. The number of aryl methyl sites for hydroxylation is 2. The van der Waals surface area contributed by atoms with E-state index in [-0.39, 0.29) is 21.2 Å². The number of aromatic amines is 1. The summed E-state index contributed by atoms with van der Waals surface area (Å²) < 4.78 is 17.5. The Balaban J connectivity index is 1.96. The summed E-state index contributed by atoms with van der Waals surface area (Å²) in [5, 5.41) is 7.06. The molecule has 0 saturated heterocycles. The molecule has 2 aromatic carbocycles. The van der Waals surface area contributed by atoms with Gasteiger partial charge in [-0.3, -0.25) is 13.8 Å². The molecule has 2 heterocycles. The summed E-state index contributed by atoms with van der Waals surface area (Å²) in [6, 6.07) is 14.3. The fourth-order valence-electron chi connectivity index (χ4n) is 2.91. The highest BCUT2D eigenvalue weighted by Crippen LogP contribution is 2.17. The Morgan fingerprint density at radius 2 is 1.92 bits per heavy atom. The van der Waals surface area contributed by atoms with Crippen LogP contribution in [-0.2, 0) is 13.0 Å². The van der Waals surface area contributed by atoms with Crippen LogP contribution in [0.2, 0.25) is 0 Å². The van der Waals surface area contributed by atoms with Crippen LogP contribution in [0.15, 0.2) is 53.3 Å². The number of nitrogens with one attached hydrogen (secondary N) is 1. The lowest BCUT2D eigenvalue weighted by molar-refractivity contribution is 0.630. The molecular weight excluding hydrogens is 327 g/mol. The van der Waals surface area contributed by atoms with Crippen LogP contribution in [0, 0.1) is 10.6 Å². The molecule has 5 nitrogen and oxygen atoms in total. The van der Waals surface area contributed by atoms with E-state index in [1.165, 1.54) is 21.1 Å². The fraction of sp³-hybridized carbons (Fsp3) is 0.118. The van der Waals surface area contributed by atoms with Crippen LogP contribution < -0.4 is 5.56 Å². The predicted molar refractivity (Wildman–Crippen MR) is 92.2 cm³/mol. The van der Waals surface area contributed by atoms with Crippen molar-refractivity contribution in [2.45, 2.75) is 13.0 Å². The Labute approximate surface area is 141 Å². The number of nitrogens with zero attached hydrogens (tertiary/aromatic N) is 3. The first-order chi connectivity index (χ1) is 11.7. The Morgan fingerprint density at radius 3 is 2.71 bits per heavy atom. The first kappa shape index (κ1) is 14.8. The largest absolute Gasteiger partial charge is 0.276 e. The van der Waals surface area contributed by atoms with Gasteiger partial charge in [0.05, 0.1) is 10.9 Å². The van der Waals surface area contributed by atoms with Crippen molar-refractivity contribution in [1.29, 1.82) is 0 Å². The first-order valence-electron chi connectivity index (χ1n) is 7.49. The van der Waals surface area contributed by atoms with Gasteiger partial charge in [-0.2, -0.15) is 0 Å². The molecule has 0 saturated carbocycles. The van der Waals surface area contributed by atoms with Crippen molar-refractivity contribution in [2.75, 3.05) is 0 Å². The molecule has 0 aliphatic carbocycles. The molecule has 0 aliphatic rings. The van der Waals surface area contributed by atoms with Crippen LogP contribution in [0.1, 0.15) is 5.56 Å². The lowest BCUT2D eigenvalue weighted by Gasteiger charge is -2.10. The van der Waals surface area contributed by atoms with E-state index in [0.717, 1.165) is 5.56 Å². The van der Waals surface area contributed by atoms with Gasteiger partial charge in [-0.15, -0.1) is 5.10 Å². The summed E-state index contributed by atoms with van der Waals surface area (Å²) in [6.07, 6.45) is 0.664. The molecule has 0 radical (unpaired) electrons. The third-order valence-electron chi connectivity index (χ3n) is 4.05. The topological polar surface area (TPSA) is 55.1 Å². The van der Waals surface area contributed by atoms with E-state index in [4.69, 9.17) is 12.2 Å². The third kappa shape index (κ3) is 2.25. The Bertz CT molecular complexity index is 1160. The zero-order valence-electron chi connectivity index (χ0n) is 12.6. The van der Waals surface area contributed by atoms with E-state index in [9.17, 15) is 9.18 Å². The fourth-order valence-corrected chi connectivity index (χ4v) is 3.13. The summed E-state index contributed by atoms with van der Waals surface area (Å²) in [6.45, 7) is 0.429. The van der Waals surface area contributed by atoms with Crippen LogP contribution in [0.4, 0.5) is 4.39 Å². The molecule has 1 N–H and O–H groups in total. The van der Waals surface area contributed by atoms with E-state index in [2.05, 4.69) is 10.2 Å². The molecule has 0 spiro atoms. The second-order valence-corrected chi connectivity index (χ2v) is 5.88. The quantitative estimate of drug-likeness (QED) is 0.583. The lowest BCUT2D eigenvalue weighted by atomic mass is 10.1. The highest BCUT2D eigenvalue weighted by Gasteiger charge is 2.15. The zero-order valence-corrected chi connectivity index (χ0v) is 13.4. The molecule has 7 heteroatoms. The first-order valence-corrected chi connectivity index (χ1v) is 7.90. The number of para-hydroxylation sites is 1. The van der Waals surface area contributed by atoms with Crippen LogP contribution >= 0.6 is 12.2 Å². The van der Waals surface area contributed by atoms with E-state index in [1.807, 2.05) is 30.3 Å². The summed E-state index contributed by atoms with van der Waals surface area (Å²) in [7, 11) is 0. The molecule has 4 rings (SSSR count). The minimum absolute atomic E-state index is 0.159. The molecule has 0 amide bonds. The standard InChI is InChI=1S/C17H13FN4OS/c18-13-8-4-7-12-14(13)22-16(19-20-17(22)24)21(15(12)23)10-9-11-5-2-1-3-6-11/h1-8H,9-10H2,(H,20,24). The van der Waals surface area contributed by atoms with Crippen molar-refractivity contribution in [1.82, 2.24) is 19.2 Å². The third-order valence-corrected chi connectivity index (χ3v) is 4.32. The van der Waals surface area contributed by atoms with E-state index in [0.29, 0.717) is 18.7 Å². The Hall–Kier alpha value is -2.80. The van der Waals surface area contributed by atoms with Gasteiger partial charge in [-0.05, 0) is 36.3 Å². The lowest BCUT2D eigenvalue weighted by Crippen LogP contribution is -2.24. The number of hydrogen-bond donors (Lipinski definition) is 1. The molecule has 120 valence electrons. The molecule has 0 atom stereocenters. The maximum atomic E-state index is 14.3. The summed E-state index contributed by atoms with van der Waals surface area (Å²) in [5.74, 6) is -0.180. The Kier molecular flexibility index (Phi) is 3.50. The van der Waals surface area contributed by atoms with Gasteiger partial charge >= 0.3 is 0 Å². The summed E-state index contributed by atoms with van der Waals surface area (Å²) in [5.41, 5.74) is 0.991. The van der Waals surface area contributed by atoms with Crippen LogP contribution in [0.3, 0.4) is 0 Å². The van der Waals surface area contributed by atoms with Crippen molar-refractivity contribution in [2.24, 2.45) is 0 Å². The van der Waals surface area contributed by atoms with Gasteiger partial charge in [-0.1, -0.05) is 36.4 Å². The number of rotatable bonds is 3. The maximum absolute atomic E-state index is 14.3. The molecule has 4 aromatic rings. The summed E-state index contributed by atoms with van der Waals surface area (Å²) >= 11 is 5.22. The molecular formula is C17H13FN4OS. The van der Waals surface area contributed by atoms with Crippen molar-refractivity contribution < 1.29 is 4.39 Å². The SMILES string of the molecule is O=c1c2cccc(F)c2n2c(=S)[nH]nc2n1CCc1ccccc1. The highest BCUT2D eigenvalue weighted by molar-refractivity contribution is 7.71. The van der Waals surface area contributed by atoms with Crippen LogP contribution in [-0.4, -0.2) is 19.2 Å². The van der Waals surface area contributed by atoms with Gasteiger partial charge in [-0.25, -0.2) is 9.49 Å².